The largest absolute Gasteiger partial charge is 0.377 e. The third-order valence-electron chi connectivity index (χ3n) is 5.71. The zero-order chi connectivity index (χ0) is 17.1. The Kier molecular flexibility index (Phi) is 4.82. The predicted octanol–water partition coefficient (Wildman–Crippen LogP) is 3.83. The van der Waals surface area contributed by atoms with E-state index in [-0.39, 0.29) is 5.82 Å². The molecule has 4 heteroatoms. The van der Waals surface area contributed by atoms with E-state index >= 15 is 0 Å². The zero-order valence-corrected chi connectivity index (χ0v) is 14.5. The first-order chi connectivity index (χ1) is 12.2. The molecule has 0 aliphatic carbocycles. The molecule has 0 bridgehead atoms. The predicted molar refractivity (Wildman–Crippen MR) is 95.6 cm³/mol. The average Bonchev–Trinajstić information content (AvgIpc) is 3.02. The zero-order valence-electron chi connectivity index (χ0n) is 14.5. The average molecular weight is 340 g/mol. The summed E-state index contributed by atoms with van der Waals surface area (Å²) in [6.07, 6.45) is 8.60. The van der Waals surface area contributed by atoms with E-state index in [1.165, 1.54) is 24.0 Å². The molecule has 2 fully saturated rings. The van der Waals surface area contributed by atoms with E-state index in [1.54, 1.807) is 12.1 Å². The van der Waals surface area contributed by atoms with E-state index in [0.29, 0.717) is 11.5 Å². The fraction of sp³-hybridized carbons (Fsp3) is 0.476. The first-order valence-corrected chi connectivity index (χ1v) is 9.18. The summed E-state index contributed by atoms with van der Waals surface area (Å²) in [5.41, 5.74) is 2.80. The molecule has 0 N–H and O–H groups in total. The maximum Gasteiger partial charge on any atom is 0.123 e. The molecule has 1 atom stereocenters. The van der Waals surface area contributed by atoms with E-state index in [0.717, 1.165) is 39.1 Å². The molecule has 1 unspecified atom stereocenters. The molecule has 4 rings (SSSR count). The van der Waals surface area contributed by atoms with E-state index in [2.05, 4.69) is 16.0 Å². The Hall–Kier alpha value is -1.78. The van der Waals surface area contributed by atoms with Crippen molar-refractivity contribution in [3.05, 3.63) is 65.7 Å². The van der Waals surface area contributed by atoms with Crippen LogP contribution in [0.1, 0.15) is 30.4 Å². The van der Waals surface area contributed by atoms with Crippen molar-refractivity contribution in [3.63, 3.8) is 0 Å². The number of pyridine rings is 1. The number of likely N-dealkylation sites (tertiary alicyclic amines) is 1. The van der Waals surface area contributed by atoms with Crippen LogP contribution in [0.5, 0.6) is 0 Å². The summed E-state index contributed by atoms with van der Waals surface area (Å²) in [4.78, 5) is 6.68. The Balaban J connectivity index is 1.29. The maximum absolute atomic E-state index is 13.0. The standard InChI is InChI=1S/C21H25FN2O/c22-19-5-3-17(4-6-19)15-24-10-7-21(8-11-24)13-20(25-16-21)12-18-2-1-9-23-14-18/h1-6,9,14,20H,7-8,10-13,15-16H2. The van der Waals surface area contributed by atoms with Crippen molar-refractivity contribution in [1.29, 1.82) is 0 Å². The van der Waals surface area contributed by atoms with Crippen molar-refractivity contribution < 1.29 is 9.13 Å². The van der Waals surface area contributed by atoms with Gasteiger partial charge >= 0.3 is 0 Å². The summed E-state index contributed by atoms with van der Waals surface area (Å²) in [6, 6.07) is 11.0. The summed E-state index contributed by atoms with van der Waals surface area (Å²) < 4.78 is 19.2. The van der Waals surface area contributed by atoms with E-state index in [9.17, 15) is 4.39 Å². The van der Waals surface area contributed by atoms with Gasteiger partial charge in [-0.2, -0.15) is 0 Å². The van der Waals surface area contributed by atoms with Crippen molar-refractivity contribution in [2.75, 3.05) is 19.7 Å². The quantitative estimate of drug-likeness (QED) is 0.846. The van der Waals surface area contributed by atoms with Crippen LogP contribution in [-0.2, 0) is 17.7 Å². The number of halogens is 1. The lowest BCUT2D eigenvalue weighted by Gasteiger charge is -2.38. The van der Waals surface area contributed by atoms with Crippen LogP contribution < -0.4 is 0 Å². The van der Waals surface area contributed by atoms with Crippen LogP contribution in [0.4, 0.5) is 4.39 Å². The fourth-order valence-corrected chi connectivity index (χ4v) is 4.19. The van der Waals surface area contributed by atoms with Gasteiger partial charge in [-0.15, -0.1) is 0 Å². The number of aromatic nitrogens is 1. The molecular weight excluding hydrogens is 315 g/mol. The van der Waals surface area contributed by atoms with Gasteiger partial charge in [-0.1, -0.05) is 18.2 Å². The second-order valence-electron chi connectivity index (χ2n) is 7.61. The molecule has 3 nitrogen and oxygen atoms in total. The maximum atomic E-state index is 13.0. The van der Waals surface area contributed by atoms with Gasteiger partial charge < -0.3 is 4.74 Å². The number of piperidine rings is 1. The summed E-state index contributed by atoms with van der Waals surface area (Å²) in [6.45, 7) is 4.00. The summed E-state index contributed by atoms with van der Waals surface area (Å²) >= 11 is 0. The topological polar surface area (TPSA) is 25.4 Å². The van der Waals surface area contributed by atoms with Gasteiger partial charge in [-0.3, -0.25) is 9.88 Å². The van der Waals surface area contributed by atoms with Gasteiger partial charge in [0.25, 0.3) is 0 Å². The third-order valence-corrected chi connectivity index (χ3v) is 5.71. The van der Waals surface area contributed by atoms with Crippen LogP contribution in [0, 0.1) is 11.2 Å². The molecule has 132 valence electrons. The van der Waals surface area contributed by atoms with Gasteiger partial charge in [0.1, 0.15) is 5.82 Å². The highest BCUT2D eigenvalue weighted by molar-refractivity contribution is 5.16. The third kappa shape index (κ3) is 4.07. The van der Waals surface area contributed by atoms with Crippen molar-refractivity contribution >= 4 is 0 Å². The Bertz CT molecular complexity index is 681. The molecule has 2 aliphatic rings. The van der Waals surface area contributed by atoms with Gasteiger partial charge in [-0.05, 0) is 67.1 Å². The Morgan fingerprint density at radius 1 is 1.12 bits per heavy atom. The molecular formula is C21H25FN2O. The van der Waals surface area contributed by atoms with Gasteiger partial charge in [0.15, 0.2) is 0 Å². The molecule has 25 heavy (non-hydrogen) atoms. The number of hydrogen-bond donors (Lipinski definition) is 0. The number of nitrogens with zero attached hydrogens (tertiary/aromatic N) is 2. The Morgan fingerprint density at radius 3 is 2.64 bits per heavy atom. The normalized spacial score (nSPS) is 23.2. The molecule has 2 aromatic rings. The van der Waals surface area contributed by atoms with Crippen molar-refractivity contribution in [2.24, 2.45) is 5.41 Å². The molecule has 0 radical (unpaired) electrons. The molecule has 0 saturated carbocycles. The molecule has 1 spiro atoms. The minimum absolute atomic E-state index is 0.163. The van der Waals surface area contributed by atoms with Crippen molar-refractivity contribution in [1.82, 2.24) is 9.88 Å². The molecule has 2 aliphatic heterocycles. The van der Waals surface area contributed by atoms with Gasteiger partial charge in [-0.25, -0.2) is 4.39 Å². The van der Waals surface area contributed by atoms with Gasteiger partial charge in [0.05, 0.1) is 12.7 Å². The fourth-order valence-electron chi connectivity index (χ4n) is 4.19. The highest BCUT2D eigenvalue weighted by Crippen LogP contribution is 2.42. The molecule has 1 aromatic heterocycles. The Morgan fingerprint density at radius 2 is 1.92 bits per heavy atom. The van der Waals surface area contributed by atoms with E-state index < -0.39 is 0 Å². The second kappa shape index (κ2) is 7.22. The minimum Gasteiger partial charge on any atom is -0.377 e. The van der Waals surface area contributed by atoms with E-state index in [1.807, 2.05) is 30.6 Å². The lowest BCUT2D eigenvalue weighted by molar-refractivity contribution is 0.0631. The molecule has 1 aromatic carbocycles. The first-order valence-electron chi connectivity index (χ1n) is 9.18. The summed E-state index contributed by atoms with van der Waals surface area (Å²) in [5.74, 6) is -0.163. The molecule has 2 saturated heterocycles. The lowest BCUT2D eigenvalue weighted by atomic mass is 9.76. The smallest absolute Gasteiger partial charge is 0.123 e. The van der Waals surface area contributed by atoms with Gasteiger partial charge in [0.2, 0.25) is 0 Å². The highest BCUT2D eigenvalue weighted by Gasteiger charge is 2.42. The SMILES string of the molecule is Fc1ccc(CN2CCC3(CC2)COC(Cc2cccnc2)C3)cc1. The number of hydrogen-bond acceptors (Lipinski definition) is 3. The van der Waals surface area contributed by atoms with Crippen LogP contribution in [0.2, 0.25) is 0 Å². The minimum atomic E-state index is -0.163. The van der Waals surface area contributed by atoms with E-state index in [4.69, 9.17) is 4.74 Å². The van der Waals surface area contributed by atoms with Crippen molar-refractivity contribution in [2.45, 2.75) is 38.3 Å². The first kappa shape index (κ1) is 16.7. The van der Waals surface area contributed by atoms with Gasteiger partial charge in [0, 0.05) is 25.4 Å². The lowest BCUT2D eigenvalue weighted by Crippen LogP contribution is -2.40. The number of benzene rings is 1. The van der Waals surface area contributed by atoms with Crippen LogP contribution in [-0.4, -0.2) is 35.7 Å². The molecule has 3 heterocycles. The second-order valence-corrected chi connectivity index (χ2v) is 7.61. The number of rotatable bonds is 4. The van der Waals surface area contributed by atoms with Crippen LogP contribution in [0.15, 0.2) is 48.8 Å². The van der Waals surface area contributed by atoms with Crippen LogP contribution in [0.3, 0.4) is 0 Å². The highest BCUT2D eigenvalue weighted by atomic mass is 19.1. The van der Waals surface area contributed by atoms with Crippen molar-refractivity contribution in [3.8, 4) is 0 Å². The monoisotopic (exact) mass is 340 g/mol. The summed E-state index contributed by atoms with van der Waals surface area (Å²) in [7, 11) is 0. The van der Waals surface area contributed by atoms with Crippen LogP contribution in [0.25, 0.3) is 0 Å². The number of ether oxygens (including phenoxy) is 1. The van der Waals surface area contributed by atoms with Crippen LogP contribution >= 0.6 is 0 Å². The Labute approximate surface area is 148 Å². The summed E-state index contributed by atoms with van der Waals surface area (Å²) in [5, 5.41) is 0. The molecule has 0 amide bonds.